The molecule has 0 aromatic heterocycles. The molecule has 1 heterocycles. The standard InChI is InChI=1S/C14H20F3N3O5/c1-8(21)18-4-5-19-11(22)2-3-12(23)20-6-9(13(24)25)10(7-20)14(15,16)17/h9-10H,2-7H2,1H3,(H,18,21)(H,19,22)(H,24,25)/t9-,10-/m1/s1. The Morgan fingerprint density at radius 3 is 2.16 bits per heavy atom. The molecule has 11 heteroatoms. The van der Waals surface area contributed by atoms with E-state index in [2.05, 4.69) is 10.6 Å². The third kappa shape index (κ3) is 6.59. The van der Waals surface area contributed by atoms with E-state index in [0.717, 1.165) is 4.90 Å². The molecule has 0 radical (unpaired) electrons. The molecule has 2 atom stereocenters. The summed E-state index contributed by atoms with van der Waals surface area (Å²) in [4.78, 5) is 45.9. The van der Waals surface area contributed by atoms with Gasteiger partial charge < -0.3 is 20.6 Å². The molecule has 1 fully saturated rings. The average molecular weight is 367 g/mol. The summed E-state index contributed by atoms with van der Waals surface area (Å²) in [5, 5.41) is 13.8. The van der Waals surface area contributed by atoms with Gasteiger partial charge in [0.15, 0.2) is 0 Å². The number of rotatable bonds is 7. The number of amides is 3. The number of carbonyl (C=O) groups excluding carboxylic acids is 3. The molecule has 0 aliphatic carbocycles. The molecule has 1 rings (SSSR count). The molecule has 0 unspecified atom stereocenters. The van der Waals surface area contributed by atoms with Gasteiger partial charge in [0.05, 0.1) is 11.8 Å². The predicted molar refractivity (Wildman–Crippen MR) is 78.2 cm³/mol. The number of hydrogen-bond acceptors (Lipinski definition) is 4. The van der Waals surface area contributed by atoms with Gasteiger partial charge in [0, 0.05) is 45.9 Å². The molecule has 0 spiro atoms. The third-order valence-corrected chi connectivity index (χ3v) is 3.80. The van der Waals surface area contributed by atoms with Crippen LogP contribution in [-0.2, 0) is 19.2 Å². The number of halogens is 3. The summed E-state index contributed by atoms with van der Waals surface area (Å²) >= 11 is 0. The first kappa shape index (κ1) is 20.7. The fourth-order valence-corrected chi connectivity index (χ4v) is 2.50. The van der Waals surface area contributed by atoms with E-state index in [1.807, 2.05) is 0 Å². The highest BCUT2D eigenvalue weighted by atomic mass is 19.4. The van der Waals surface area contributed by atoms with Crippen molar-refractivity contribution in [1.29, 1.82) is 0 Å². The molecule has 0 aromatic rings. The fraction of sp³-hybridized carbons (Fsp3) is 0.714. The van der Waals surface area contributed by atoms with Crippen LogP contribution < -0.4 is 10.6 Å². The Morgan fingerprint density at radius 1 is 1.08 bits per heavy atom. The summed E-state index contributed by atoms with van der Waals surface area (Å²) in [5.74, 6) is -6.86. The summed E-state index contributed by atoms with van der Waals surface area (Å²) in [6.45, 7) is 0.448. The Hall–Kier alpha value is -2.33. The minimum absolute atomic E-state index is 0.160. The van der Waals surface area contributed by atoms with Gasteiger partial charge in [0.2, 0.25) is 17.7 Å². The Morgan fingerprint density at radius 2 is 1.68 bits per heavy atom. The second kappa shape index (κ2) is 8.67. The molecule has 1 aliphatic rings. The number of carbonyl (C=O) groups is 4. The zero-order valence-electron chi connectivity index (χ0n) is 13.6. The molecular formula is C14H20F3N3O5. The summed E-state index contributed by atoms with van der Waals surface area (Å²) in [5.41, 5.74) is 0. The quantitative estimate of drug-likeness (QED) is 0.536. The number of nitrogens with zero attached hydrogens (tertiary/aromatic N) is 1. The van der Waals surface area contributed by atoms with Crippen molar-refractivity contribution in [3.05, 3.63) is 0 Å². The van der Waals surface area contributed by atoms with Gasteiger partial charge in [-0.05, 0) is 0 Å². The smallest absolute Gasteiger partial charge is 0.394 e. The SMILES string of the molecule is CC(=O)NCCNC(=O)CCC(=O)N1C[C@@H](C(F)(F)F)[C@H](C(=O)O)C1. The lowest BCUT2D eigenvalue weighted by Gasteiger charge is -2.18. The first-order valence-electron chi connectivity index (χ1n) is 7.60. The van der Waals surface area contributed by atoms with Crippen molar-refractivity contribution in [2.75, 3.05) is 26.2 Å². The third-order valence-electron chi connectivity index (χ3n) is 3.80. The van der Waals surface area contributed by atoms with E-state index >= 15 is 0 Å². The largest absolute Gasteiger partial charge is 0.481 e. The lowest BCUT2D eigenvalue weighted by Crippen LogP contribution is -2.35. The van der Waals surface area contributed by atoms with Gasteiger partial charge in [-0.15, -0.1) is 0 Å². The normalized spacial score (nSPS) is 20.2. The van der Waals surface area contributed by atoms with Crippen molar-refractivity contribution < 1.29 is 37.5 Å². The van der Waals surface area contributed by atoms with Crippen LogP contribution in [0.3, 0.4) is 0 Å². The molecule has 0 saturated carbocycles. The van der Waals surface area contributed by atoms with Crippen molar-refractivity contribution in [2.24, 2.45) is 11.8 Å². The highest BCUT2D eigenvalue weighted by Crippen LogP contribution is 2.37. The van der Waals surface area contributed by atoms with Crippen LogP contribution in [0, 0.1) is 11.8 Å². The number of nitrogens with one attached hydrogen (secondary N) is 2. The first-order chi connectivity index (χ1) is 11.5. The van der Waals surface area contributed by atoms with Crippen LogP contribution in [0.25, 0.3) is 0 Å². The topological polar surface area (TPSA) is 116 Å². The predicted octanol–water partition coefficient (Wildman–Crippen LogP) is -0.260. The van der Waals surface area contributed by atoms with Gasteiger partial charge in [-0.1, -0.05) is 0 Å². The van der Waals surface area contributed by atoms with Crippen LogP contribution in [0.5, 0.6) is 0 Å². The zero-order chi connectivity index (χ0) is 19.2. The maximum Gasteiger partial charge on any atom is 0.394 e. The van der Waals surface area contributed by atoms with E-state index in [-0.39, 0.29) is 31.8 Å². The van der Waals surface area contributed by atoms with Gasteiger partial charge in [0.1, 0.15) is 0 Å². The number of aliphatic carboxylic acids is 1. The number of carboxylic acids is 1. The second-order valence-electron chi connectivity index (χ2n) is 5.72. The summed E-state index contributed by atoms with van der Waals surface area (Å²) in [7, 11) is 0. The van der Waals surface area contributed by atoms with Crippen LogP contribution in [-0.4, -0.2) is 66.1 Å². The zero-order valence-corrected chi connectivity index (χ0v) is 13.6. The maximum atomic E-state index is 12.9. The van der Waals surface area contributed by atoms with Gasteiger partial charge in [0.25, 0.3) is 0 Å². The molecule has 8 nitrogen and oxygen atoms in total. The van der Waals surface area contributed by atoms with Crippen LogP contribution in [0.15, 0.2) is 0 Å². The Kier molecular flexibility index (Phi) is 7.19. The van der Waals surface area contributed by atoms with E-state index < -0.39 is 48.9 Å². The lowest BCUT2D eigenvalue weighted by atomic mass is 9.96. The minimum Gasteiger partial charge on any atom is -0.481 e. The van der Waals surface area contributed by atoms with E-state index in [1.54, 1.807) is 0 Å². The van der Waals surface area contributed by atoms with Crippen molar-refractivity contribution in [1.82, 2.24) is 15.5 Å². The molecular weight excluding hydrogens is 347 g/mol. The Balaban J connectivity index is 2.43. The molecule has 25 heavy (non-hydrogen) atoms. The minimum atomic E-state index is -4.71. The van der Waals surface area contributed by atoms with E-state index in [0.29, 0.717) is 0 Å². The Labute approximate surface area is 141 Å². The highest BCUT2D eigenvalue weighted by Gasteiger charge is 2.53. The van der Waals surface area contributed by atoms with Gasteiger partial charge >= 0.3 is 12.1 Å². The fourth-order valence-electron chi connectivity index (χ4n) is 2.50. The summed E-state index contributed by atoms with van der Waals surface area (Å²) < 4.78 is 38.6. The van der Waals surface area contributed by atoms with Crippen LogP contribution >= 0.6 is 0 Å². The van der Waals surface area contributed by atoms with Crippen LogP contribution in [0.2, 0.25) is 0 Å². The number of carboxylic acid groups (broad SMARTS) is 1. The lowest BCUT2D eigenvalue weighted by molar-refractivity contribution is -0.188. The molecule has 1 aliphatic heterocycles. The van der Waals surface area contributed by atoms with Gasteiger partial charge in [-0.2, -0.15) is 13.2 Å². The number of likely N-dealkylation sites (tertiary alicyclic amines) is 1. The van der Waals surface area contributed by atoms with Crippen molar-refractivity contribution in [3.8, 4) is 0 Å². The van der Waals surface area contributed by atoms with E-state index in [9.17, 15) is 32.3 Å². The summed E-state index contributed by atoms with van der Waals surface area (Å²) in [6, 6.07) is 0. The molecule has 1 saturated heterocycles. The van der Waals surface area contributed by atoms with Crippen molar-refractivity contribution in [3.63, 3.8) is 0 Å². The Bertz CT molecular complexity index is 538. The van der Waals surface area contributed by atoms with Crippen molar-refractivity contribution >= 4 is 23.7 Å². The molecule has 3 N–H and O–H groups in total. The van der Waals surface area contributed by atoms with Gasteiger partial charge in [-0.3, -0.25) is 19.2 Å². The molecule has 0 aromatic carbocycles. The van der Waals surface area contributed by atoms with Gasteiger partial charge in [-0.25, -0.2) is 0 Å². The average Bonchev–Trinajstić information content (AvgIpc) is 2.94. The van der Waals surface area contributed by atoms with Crippen LogP contribution in [0.4, 0.5) is 13.2 Å². The molecule has 0 bridgehead atoms. The van der Waals surface area contributed by atoms with Crippen molar-refractivity contribution in [2.45, 2.75) is 25.9 Å². The highest BCUT2D eigenvalue weighted by molar-refractivity contribution is 5.84. The number of alkyl halides is 3. The second-order valence-corrected chi connectivity index (χ2v) is 5.72. The summed E-state index contributed by atoms with van der Waals surface area (Å²) in [6.07, 6.45) is -5.26. The first-order valence-corrected chi connectivity index (χ1v) is 7.60. The number of hydrogen-bond donors (Lipinski definition) is 3. The van der Waals surface area contributed by atoms with Crippen LogP contribution in [0.1, 0.15) is 19.8 Å². The maximum absolute atomic E-state index is 12.9. The molecule has 3 amide bonds. The molecule has 142 valence electrons. The van der Waals surface area contributed by atoms with E-state index in [4.69, 9.17) is 5.11 Å². The monoisotopic (exact) mass is 367 g/mol. The van der Waals surface area contributed by atoms with E-state index in [1.165, 1.54) is 6.92 Å².